The Hall–Kier alpha value is -1.62. The fourth-order valence-electron chi connectivity index (χ4n) is 1.06. The number of aromatic nitrogens is 1. The van der Waals surface area contributed by atoms with Crippen molar-refractivity contribution in [2.24, 2.45) is 5.73 Å². The van der Waals surface area contributed by atoms with Crippen molar-refractivity contribution in [3.63, 3.8) is 0 Å². The van der Waals surface area contributed by atoms with Crippen molar-refractivity contribution in [3.8, 4) is 5.75 Å². The van der Waals surface area contributed by atoms with Crippen LogP contribution in [0.4, 0.5) is 0 Å². The number of rotatable bonds is 3. The smallest absolute Gasteiger partial charge is 0.255 e. The standard InChI is InChI=1S/C9H13N3O2/c1-12(3-2-10)9(14)7-4-8(13)6-11-5-7/h4-6,13H,2-3,10H2,1H3. The van der Waals surface area contributed by atoms with E-state index in [4.69, 9.17) is 10.8 Å². The number of carbonyl (C=O) groups is 1. The molecule has 1 amide bonds. The van der Waals surface area contributed by atoms with Crippen molar-refractivity contribution in [2.75, 3.05) is 20.1 Å². The van der Waals surface area contributed by atoms with Gasteiger partial charge in [-0.1, -0.05) is 0 Å². The van der Waals surface area contributed by atoms with Crippen molar-refractivity contribution in [1.29, 1.82) is 0 Å². The van der Waals surface area contributed by atoms with Crippen LogP contribution in [0, 0.1) is 0 Å². The van der Waals surface area contributed by atoms with Gasteiger partial charge in [0, 0.05) is 26.3 Å². The summed E-state index contributed by atoms with van der Waals surface area (Å²) in [6.45, 7) is 0.892. The maximum atomic E-state index is 11.6. The van der Waals surface area contributed by atoms with Gasteiger partial charge in [0.25, 0.3) is 5.91 Å². The molecule has 1 aromatic rings. The van der Waals surface area contributed by atoms with Gasteiger partial charge in [-0.3, -0.25) is 9.78 Å². The average Bonchev–Trinajstić information content (AvgIpc) is 2.17. The summed E-state index contributed by atoms with van der Waals surface area (Å²) in [6, 6.07) is 1.38. The molecule has 14 heavy (non-hydrogen) atoms. The summed E-state index contributed by atoms with van der Waals surface area (Å²) in [5.41, 5.74) is 5.68. The first kappa shape index (κ1) is 10.5. The highest BCUT2D eigenvalue weighted by Crippen LogP contribution is 2.09. The van der Waals surface area contributed by atoms with Crippen molar-refractivity contribution >= 4 is 5.91 Å². The van der Waals surface area contributed by atoms with Gasteiger partial charge in [-0.25, -0.2) is 0 Å². The molecule has 0 aromatic carbocycles. The highest BCUT2D eigenvalue weighted by Gasteiger charge is 2.11. The number of likely N-dealkylation sites (N-methyl/N-ethyl adjacent to an activating group) is 1. The lowest BCUT2D eigenvalue weighted by Crippen LogP contribution is -2.31. The van der Waals surface area contributed by atoms with E-state index in [1.165, 1.54) is 23.4 Å². The molecule has 76 valence electrons. The summed E-state index contributed by atoms with van der Waals surface area (Å²) in [6.07, 6.45) is 2.69. The molecular formula is C9H13N3O2. The Labute approximate surface area is 82.2 Å². The molecule has 0 unspecified atom stereocenters. The van der Waals surface area contributed by atoms with Crippen molar-refractivity contribution in [2.45, 2.75) is 0 Å². The second-order valence-electron chi connectivity index (χ2n) is 2.95. The van der Waals surface area contributed by atoms with Gasteiger partial charge >= 0.3 is 0 Å². The largest absolute Gasteiger partial charge is 0.506 e. The third-order valence-corrected chi connectivity index (χ3v) is 1.78. The van der Waals surface area contributed by atoms with Crippen LogP contribution in [0.25, 0.3) is 0 Å². The summed E-state index contributed by atoms with van der Waals surface area (Å²) in [7, 11) is 1.65. The Bertz CT molecular complexity index is 328. The van der Waals surface area contributed by atoms with Crippen LogP contribution in [0.3, 0.4) is 0 Å². The number of nitrogens with two attached hydrogens (primary N) is 1. The molecule has 0 aliphatic rings. The Balaban J connectivity index is 2.78. The van der Waals surface area contributed by atoms with Gasteiger partial charge in [0.2, 0.25) is 0 Å². The van der Waals surface area contributed by atoms with Crippen LogP contribution in [0.1, 0.15) is 10.4 Å². The summed E-state index contributed by atoms with van der Waals surface area (Å²) >= 11 is 0. The summed E-state index contributed by atoms with van der Waals surface area (Å²) < 4.78 is 0. The molecule has 1 aromatic heterocycles. The number of amides is 1. The van der Waals surface area contributed by atoms with Gasteiger partial charge in [-0.05, 0) is 6.07 Å². The SMILES string of the molecule is CN(CCN)C(=O)c1cncc(O)c1. The molecule has 5 heteroatoms. The first-order chi connectivity index (χ1) is 6.65. The highest BCUT2D eigenvalue weighted by molar-refractivity contribution is 5.94. The minimum atomic E-state index is -0.196. The lowest BCUT2D eigenvalue weighted by molar-refractivity contribution is 0.0798. The number of carbonyl (C=O) groups excluding carboxylic acids is 1. The first-order valence-electron chi connectivity index (χ1n) is 4.24. The van der Waals surface area contributed by atoms with E-state index in [1.54, 1.807) is 7.05 Å². The van der Waals surface area contributed by atoms with Crippen LogP contribution in [0.2, 0.25) is 0 Å². The van der Waals surface area contributed by atoms with Gasteiger partial charge < -0.3 is 15.7 Å². The fraction of sp³-hybridized carbons (Fsp3) is 0.333. The molecule has 0 saturated carbocycles. The molecule has 1 heterocycles. The van der Waals surface area contributed by atoms with Crippen molar-refractivity contribution in [1.82, 2.24) is 9.88 Å². The topological polar surface area (TPSA) is 79.5 Å². The normalized spacial score (nSPS) is 9.86. The Kier molecular flexibility index (Phi) is 3.41. The summed E-state index contributed by atoms with van der Waals surface area (Å²) in [5.74, 6) is -0.212. The molecule has 0 saturated heterocycles. The highest BCUT2D eigenvalue weighted by atomic mass is 16.3. The predicted octanol–water partition coefficient (Wildman–Crippen LogP) is -0.182. The quantitative estimate of drug-likeness (QED) is 0.701. The maximum Gasteiger partial charge on any atom is 0.255 e. The lowest BCUT2D eigenvalue weighted by Gasteiger charge is -2.15. The average molecular weight is 195 g/mol. The van der Waals surface area contributed by atoms with Crippen LogP contribution >= 0.6 is 0 Å². The zero-order valence-corrected chi connectivity index (χ0v) is 7.97. The molecule has 0 aliphatic heterocycles. The summed E-state index contributed by atoms with van der Waals surface area (Å²) in [4.78, 5) is 16.8. The molecule has 3 N–H and O–H groups in total. The van der Waals surface area contributed by atoms with Crippen LogP contribution in [-0.2, 0) is 0 Å². The molecule has 0 radical (unpaired) electrons. The van der Waals surface area contributed by atoms with Gasteiger partial charge in [0.05, 0.1) is 11.8 Å². The molecule has 0 spiro atoms. The molecule has 0 aliphatic carbocycles. The lowest BCUT2D eigenvalue weighted by atomic mass is 10.2. The molecule has 1 rings (SSSR count). The third kappa shape index (κ3) is 2.43. The molecule has 0 atom stereocenters. The minimum absolute atomic E-state index is 0.0167. The summed E-state index contributed by atoms with van der Waals surface area (Å²) in [5, 5.41) is 9.12. The van der Waals surface area contributed by atoms with E-state index in [0.29, 0.717) is 18.7 Å². The Morgan fingerprint density at radius 1 is 1.64 bits per heavy atom. The van der Waals surface area contributed by atoms with Gasteiger partial charge in [0.1, 0.15) is 5.75 Å². The maximum absolute atomic E-state index is 11.6. The van der Waals surface area contributed by atoms with E-state index in [0.717, 1.165) is 0 Å². The van der Waals surface area contributed by atoms with E-state index >= 15 is 0 Å². The number of nitrogens with zero attached hydrogens (tertiary/aromatic N) is 2. The monoisotopic (exact) mass is 195 g/mol. The Morgan fingerprint density at radius 2 is 2.36 bits per heavy atom. The predicted molar refractivity (Wildman–Crippen MR) is 51.9 cm³/mol. The number of pyridine rings is 1. The van der Waals surface area contributed by atoms with Crippen LogP contribution in [0.5, 0.6) is 5.75 Å². The van der Waals surface area contributed by atoms with Crippen LogP contribution in [-0.4, -0.2) is 41.0 Å². The van der Waals surface area contributed by atoms with Gasteiger partial charge in [-0.15, -0.1) is 0 Å². The number of aromatic hydroxyl groups is 1. The van der Waals surface area contributed by atoms with E-state index in [1.807, 2.05) is 0 Å². The number of hydrogen-bond donors (Lipinski definition) is 2. The fourth-order valence-corrected chi connectivity index (χ4v) is 1.06. The van der Waals surface area contributed by atoms with E-state index in [9.17, 15) is 4.79 Å². The van der Waals surface area contributed by atoms with E-state index in [-0.39, 0.29) is 11.7 Å². The van der Waals surface area contributed by atoms with Gasteiger partial charge in [-0.2, -0.15) is 0 Å². The van der Waals surface area contributed by atoms with E-state index in [2.05, 4.69) is 4.98 Å². The third-order valence-electron chi connectivity index (χ3n) is 1.78. The minimum Gasteiger partial charge on any atom is -0.506 e. The molecule has 0 fully saturated rings. The number of hydrogen-bond acceptors (Lipinski definition) is 4. The van der Waals surface area contributed by atoms with Gasteiger partial charge in [0.15, 0.2) is 0 Å². The zero-order valence-electron chi connectivity index (χ0n) is 7.97. The van der Waals surface area contributed by atoms with Crippen LogP contribution in [0.15, 0.2) is 18.5 Å². The second-order valence-corrected chi connectivity index (χ2v) is 2.95. The van der Waals surface area contributed by atoms with E-state index < -0.39 is 0 Å². The van der Waals surface area contributed by atoms with Crippen molar-refractivity contribution < 1.29 is 9.90 Å². The van der Waals surface area contributed by atoms with Crippen LogP contribution < -0.4 is 5.73 Å². The molecular weight excluding hydrogens is 182 g/mol. The van der Waals surface area contributed by atoms with Crippen molar-refractivity contribution in [3.05, 3.63) is 24.0 Å². The Morgan fingerprint density at radius 3 is 2.93 bits per heavy atom. The zero-order chi connectivity index (χ0) is 10.6. The second kappa shape index (κ2) is 4.57. The molecule has 0 bridgehead atoms. The first-order valence-corrected chi connectivity index (χ1v) is 4.24. The molecule has 5 nitrogen and oxygen atoms in total.